The lowest BCUT2D eigenvalue weighted by atomic mass is 9.82. The van der Waals surface area contributed by atoms with Crippen LogP contribution >= 0.6 is 0 Å². The van der Waals surface area contributed by atoms with E-state index in [4.69, 9.17) is 4.74 Å². The molecule has 3 fully saturated rings. The van der Waals surface area contributed by atoms with Gasteiger partial charge in [0.15, 0.2) is 0 Å². The Morgan fingerprint density at radius 2 is 1.95 bits per heavy atom. The first-order chi connectivity index (χ1) is 10.6. The first kappa shape index (κ1) is 16.3. The van der Waals surface area contributed by atoms with Crippen LogP contribution in [0.3, 0.4) is 0 Å². The second-order valence-corrected chi connectivity index (χ2v) is 8.11. The normalized spacial score (nSPS) is 28.9. The average molecular weight is 308 g/mol. The molecular formula is C18H32N2O2. The number of nitrogens with zero attached hydrogens (tertiary/aromatic N) is 2. The minimum Gasteiger partial charge on any atom is -0.371 e. The van der Waals surface area contributed by atoms with Crippen LogP contribution in [0.2, 0.25) is 0 Å². The largest absolute Gasteiger partial charge is 0.371 e. The number of hydrogen-bond acceptors (Lipinski definition) is 3. The average Bonchev–Trinajstić information content (AvgIpc) is 2.46. The van der Waals surface area contributed by atoms with Crippen LogP contribution in [0, 0.1) is 11.8 Å². The smallest absolute Gasteiger partial charge is 0.223 e. The Kier molecular flexibility index (Phi) is 5.08. The van der Waals surface area contributed by atoms with Gasteiger partial charge >= 0.3 is 0 Å². The van der Waals surface area contributed by atoms with Crippen LogP contribution in [0.15, 0.2) is 0 Å². The Bertz CT molecular complexity index is 375. The Morgan fingerprint density at radius 3 is 2.55 bits per heavy atom. The van der Waals surface area contributed by atoms with E-state index in [1.807, 2.05) is 4.90 Å². The highest BCUT2D eigenvalue weighted by molar-refractivity contribution is 5.77. The molecule has 3 aliphatic heterocycles. The quantitative estimate of drug-likeness (QED) is 0.800. The van der Waals surface area contributed by atoms with Crippen LogP contribution in [0.5, 0.6) is 0 Å². The maximum absolute atomic E-state index is 12.1. The molecular weight excluding hydrogens is 276 g/mol. The number of likely N-dealkylation sites (tertiary alicyclic amines) is 2. The summed E-state index contributed by atoms with van der Waals surface area (Å²) < 4.78 is 6.22. The summed E-state index contributed by atoms with van der Waals surface area (Å²) in [6.45, 7) is 10.5. The molecule has 3 saturated heterocycles. The zero-order valence-corrected chi connectivity index (χ0v) is 14.4. The second-order valence-electron chi connectivity index (χ2n) is 8.11. The Labute approximate surface area is 135 Å². The summed E-state index contributed by atoms with van der Waals surface area (Å²) in [5.74, 6) is 1.45. The number of carbonyl (C=O) groups excluding carboxylic acids is 1. The molecule has 3 rings (SSSR count). The summed E-state index contributed by atoms with van der Waals surface area (Å²) in [5.41, 5.74) is 0.00500. The highest BCUT2D eigenvalue weighted by Crippen LogP contribution is 2.36. The van der Waals surface area contributed by atoms with E-state index in [9.17, 15) is 4.79 Å². The highest BCUT2D eigenvalue weighted by atomic mass is 16.5. The van der Waals surface area contributed by atoms with Crippen molar-refractivity contribution in [3.05, 3.63) is 0 Å². The van der Waals surface area contributed by atoms with Gasteiger partial charge in [0.2, 0.25) is 5.91 Å². The lowest BCUT2D eigenvalue weighted by Crippen LogP contribution is -2.66. The van der Waals surface area contributed by atoms with Gasteiger partial charge in [0.05, 0.1) is 19.7 Å². The monoisotopic (exact) mass is 308 g/mol. The van der Waals surface area contributed by atoms with E-state index < -0.39 is 0 Å². The van der Waals surface area contributed by atoms with Gasteiger partial charge in [-0.15, -0.1) is 0 Å². The van der Waals surface area contributed by atoms with Gasteiger partial charge in [-0.25, -0.2) is 0 Å². The second kappa shape index (κ2) is 6.88. The first-order valence-corrected chi connectivity index (χ1v) is 9.20. The summed E-state index contributed by atoms with van der Waals surface area (Å²) in [5, 5.41) is 0. The predicted octanol–water partition coefficient (Wildman–Crippen LogP) is 2.53. The number of amides is 1. The van der Waals surface area contributed by atoms with E-state index >= 15 is 0 Å². The van der Waals surface area contributed by atoms with Crippen molar-refractivity contribution in [2.75, 3.05) is 39.3 Å². The number of ether oxygens (including phenoxy) is 1. The van der Waals surface area contributed by atoms with E-state index in [0.717, 1.165) is 26.1 Å². The zero-order chi connectivity index (χ0) is 15.6. The van der Waals surface area contributed by atoms with Crippen LogP contribution in [-0.4, -0.2) is 60.6 Å². The third kappa shape index (κ3) is 3.83. The molecule has 0 aromatic heterocycles. The standard InChI is InChI=1S/C18H32N2O2/c1-15(2)10-17(21)20-13-18(14-20)7-6-16(12-22-18)11-19-8-4-3-5-9-19/h15-16H,3-14H2,1-2H3/t16-/m1/s1. The van der Waals surface area contributed by atoms with Crippen LogP contribution in [-0.2, 0) is 9.53 Å². The molecule has 0 aromatic rings. The summed E-state index contributed by atoms with van der Waals surface area (Å²) in [6, 6.07) is 0. The van der Waals surface area contributed by atoms with Crippen LogP contribution in [0.1, 0.15) is 52.4 Å². The molecule has 1 amide bonds. The molecule has 0 aliphatic carbocycles. The molecule has 3 aliphatic rings. The molecule has 0 N–H and O–H groups in total. The van der Waals surface area contributed by atoms with Crippen LogP contribution < -0.4 is 0 Å². The van der Waals surface area contributed by atoms with Crippen molar-refractivity contribution in [2.24, 2.45) is 11.8 Å². The SMILES string of the molecule is CC(C)CC(=O)N1CC2(CC[C@H](CN3CCCCC3)CO2)C1. The molecule has 0 radical (unpaired) electrons. The number of carbonyl (C=O) groups is 1. The molecule has 22 heavy (non-hydrogen) atoms. The summed E-state index contributed by atoms with van der Waals surface area (Å²) in [4.78, 5) is 16.7. The van der Waals surface area contributed by atoms with Crippen molar-refractivity contribution in [2.45, 2.75) is 58.0 Å². The molecule has 4 nitrogen and oxygen atoms in total. The van der Waals surface area contributed by atoms with Crippen molar-refractivity contribution >= 4 is 5.91 Å². The van der Waals surface area contributed by atoms with Gasteiger partial charge in [0.1, 0.15) is 5.60 Å². The van der Waals surface area contributed by atoms with E-state index in [1.165, 1.54) is 45.3 Å². The van der Waals surface area contributed by atoms with Gasteiger partial charge in [-0.3, -0.25) is 4.79 Å². The molecule has 3 heterocycles. The molecule has 0 bridgehead atoms. The Hall–Kier alpha value is -0.610. The maximum atomic E-state index is 12.1. The van der Waals surface area contributed by atoms with Gasteiger partial charge in [-0.05, 0) is 50.6 Å². The fraction of sp³-hybridized carbons (Fsp3) is 0.944. The van der Waals surface area contributed by atoms with E-state index in [1.54, 1.807) is 0 Å². The molecule has 4 heteroatoms. The Balaban J connectivity index is 1.38. The fourth-order valence-corrected chi connectivity index (χ4v) is 4.12. The lowest BCUT2D eigenvalue weighted by Gasteiger charge is -2.53. The fourth-order valence-electron chi connectivity index (χ4n) is 4.12. The summed E-state index contributed by atoms with van der Waals surface area (Å²) in [7, 11) is 0. The molecule has 1 spiro atoms. The van der Waals surface area contributed by atoms with Crippen molar-refractivity contribution in [3.63, 3.8) is 0 Å². The summed E-state index contributed by atoms with van der Waals surface area (Å²) >= 11 is 0. The highest BCUT2D eigenvalue weighted by Gasteiger charge is 2.48. The van der Waals surface area contributed by atoms with E-state index in [2.05, 4.69) is 18.7 Å². The van der Waals surface area contributed by atoms with Crippen molar-refractivity contribution in [3.8, 4) is 0 Å². The molecule has 0 saturated carbocycles. The van der Waals surface area contributed by atoms with Gasteiger partial charge < -0.3 is 14.5 Å². The first-order valence-electron chi connectivity index (χ1n) is 9.20. The molecule has 126 valence electrons. The molecule has 1 atom stereocenters. The predicted molar refractivity (Wildman–Crippen MR) is 87.7 cm³/mol. The van der Waals surface area contributed by atoms with Crippen molar-refractivity contribution in [1.82, 2.24) is 9.80 Å². The summed E-state index contributed by atoms with van der Waals surface area (Å²) in [6.07, 6.45) is 7.21. The maximum Gasteiger partial charge on any atom is 0.223 e. The van der Waals surface area contributed by atoms with Crippen LogP contribution in [0.4, 0.5) is 0 Å². The van der Waals surface area contributed by atoms with Crippen molar-refractivity contribution < 1.29 is 9.53 Å². The third-order valence-corrected chi connectivity index (χ3v) is 5.49. The number of piperidine rings is 1. The van der Waals surface area contributed by atoms with E-state index in [-0.39, 0.29) is 5.60 Å². The van der Waals surface area contributed by atoms with Gasteiger partial charge in [0, 0.05) is 13.0 Å². The number of hydrogen-bond donors (Lipinski definition) is 0. The molecule has 0 aromatic carbocycles. The van der Waals surface area contributed by atoms with Gasteiger partial charge in [-0.1, -0.05) is 20.3 Å². The topological polar surface area (TPSA) is 32.8 Å². The minimum atomic E-state index is 0.00500. The minimum absolute atomic E-state index is 0.00500. The van der Waals surface area contributed by atoms with Gasteiger partial charge in [-0.2, -0.15) is 0 Å². The van der Waals surface area contributed by atoms with Crippen molar-refractivity contribution in [1.29, 1.82) is 0 Å². The molecule has 0 unspecified atom stereocenters. The number of rotatable bonds is 4. The van der Waals surface area contributed by atoms with Gasteiger partial charge in [0.25, 0.3) is 0 Å². The zero-order valence-electron chi connectivity index (χ0n) is 14.4. The van der Waals surface area contributed by atoms with E-state index in [0.29, 0.717) is 24.2 Å². The van der Waals surface area contributed by atoms with Crippen LogP contribution in [0.25, 0.3) is 0 Å². The Morgan fingerprint density at radius 1 is 1.23 bits per heavy atom. The third-order valence-electron chi connectivity index (χ3n) is 5.49. The lowest BCUT2D eigenvalue weighted by molar-refractivity contribution is -0.190.